The van der Waals surface area contributed by atoms with Crippen molar-refractivity contribution in [2.75, 3.05) is 5.32 Å². The van der Waals surface area contributed by atoms with Gasteiger partial charge < -0.3 is 10.3 Å². The van der Waals surface area contributed by atoms with Gasteiger partial charge >= 0.3 is 0 Å². The van der Waals surface area contributed by atoms with Gasteiger partial charge in [-0.05, 0) is 17.7 Å². The Morgan fingerprint density at radius 1 is 0.960 bits per heavy atom. The van der Waals surface area contributed by atoms with Crippen molar-refractivity contribution in [1.82, 2.24) is 19.9 Å². The smallest absolute Gasteiger partial charge is 0.222 e. The molecule has 4 rings (SSSR count). The van der Waals surface area contributed by atoms with E-state index in [4.69, 9.17) is 0 Å². The zero-order valence-corrected chi connectivity index (χ0v) is 13.5. The predicted molar refractivity (Wildman–Crippen MR) is 96.9 cm³/mol. The van der Waals surface area contributed by atoms with Crippen molar-refractivity contribution in [1.29, 1.82) is 0 Å². The molecule has 0 spiro atoms. The minimum atomic E-state index is -0.159. The number of amides is 1. The summed E-state index contributed by atoms with van der Waals surface area (Å²) >= 11 is 0. The summed E-state index contributed by atoms with van der Waals surface area (Å²) in [6.07, 6.45) is 5.01. The number of anilines is 1. The van der Waals surface area contributed by atoms with Crippen molar-refractivity contribution in [3.05, 3.63) is 61.1 Å². The molecule has 3 heterocycles. The first-order valence-electron chi connectivity index (χ1n) is 7.84. The number of nitrogens with zero attached hydrogens (tertiary/aromatic N) is 3. The van der Waals surface area contributed by atoms with Crippen LogP contribution in [0.5, 0.6) is 0 Å². The van der Waals surface area contributed by atoms with Crippen LogP contribution in [0.15, 0.2) is 61.1 Å². The van der Waals surface area contributed by atoms with Gasteiger partial charge in [-0.2, -0.15) is 0 Å². The molecule has 0 saturated carbocycles. The Morgan fingerprint density at radius 2 is 1.76 bits per heavy atom. The van der Waals surface area contributed by atoms with Crippen LogP contribution >= 0.6 is 0 Å². The Labute approximate surface area is 144 Å². The second-order valence-corrected chi connectivity index (χ2v) is 5.61. The average Bonchev–Trinajstić information content (AvgIpc) is 3.02. The molecule has 0 fully saturated rings. The van der Waals surface area contributed by atoms with Crippen molar-refractivity contribution < 1.29 is 4.79 Å². The number of carbonyl (C=O) groups is 1. The fourth-order valence-electron chi connectivity index (χ4n) is 2.85. The van der Waals surface area contributed by atoms with E-state index in [-0.39, 0.29) is 5.91 Å². The molecular formula is C19H15N5O. The molecule has 0 aliphatic carbocycles. The number of aromatic nitrogens is 4. The SMILES string of the molecule is CC(=O)Nc1cc(-c2[nH]c3nccnc3c2-c2ccccc2)ccn1. The number of benzene rings is 1. The Balaban J connectivity index is 1.95. The lowest BCUT2D eigenvalue weighted by molar-refractivity contribution is -0.114. The molecule has 2 N–H and O–H groups in total. The quantitative estimate of drug-likeness (QED) is 0.601. The molecule has 3 aromatic heterocycles. The number of hydrogen-bond acceptors (Lipinski definition) is 4. The van der Waals surface area contributed by atoms with Crippen LogP contribution < -0.4 is 5.32 Å². The van der Waals surface area contributed by atoms with Gasteiger partial charge in [0.05, 0.1) is 5.69 Å². The van der Waals surface area contributed by atoms with E-state index in [1.165, 1.54) is 6.92 Å². The van der Waals surface area contributed by atoms with Gasteiger partial charge in [0.25, 0.3) is 0 Å². The van der Waals surface area contributed by atoms with Gasteiger partial charge in [-0.3, -0.25) is 9.78 Å². The maximum Gasteiger partial charge on any atom is 0.222 e. The molecule has 6 nitrogen and oxygen atoms in total. The summed E-state index contributed by atoms with van der Waals surface area (Å²) in [4.78, 5) is 27.7. The van der Waals surface area contributed by atoms with Crippen LogP contribution in [0.4, 0.5) is 5.82 Å². The van der Waals surface area contributed by atoms with E-state index in [0.717, 1.165) is 27.9 Å². The third-order valence-corrected chi connectivity index (χ3v) is 3.84. The Morgan fingerprint density at radius 3 is 2.56 bits per heavy atom. The van der Waals surface area contributed by atoms with E-state index in [1.807, 2.05) is 42.5 Å². The first-order chi connectivity index (χ1) is 12.2. The lowest BCUT2D eigenvalue weighted by atomic mass is 10.0. The van der Waals surface area contributed by atoms with E-state index >= 15 is 0 Å². The zero-order valence-electron chi connectivity index (χ0n) is 13.5. The molecule has 6 heteroatoms. The van der Waals surface area contributed by atoms with E-state index in [9.17, 15) is 4.79 Å². The van der Waals surface area contributed by atoms with Crippen LogP contribution in [0.3, 0.4) is 0 Å². The minimum absolute atomic E-state index is 0.159. The van der Waals surface area contributed by atoms with Crippen LogP contribution in [0.2, 0.25) is 0 Å². The molecule has 0 atom stereocenters. The van der Waals surface area contributed by atoms with Crippen molar-refractivity contribution in [2.45, 2.75) is 6.92 Å². The van der Waals surface area contributed by atoms with Gasteiger partial charge in [-0.1, -0.05) is 30.3 Å². The maximum absolute atomic E-state index is 11.3. The average molecular weight is 329 g/mol. The molecule has 0 aliphatic heterocycles. The van der Waals surface area contributed by atoms with Crippen LogP contribution in [-0.2, 0) is 4.79 Å². The number of H-pyrrole nitrogens is 1. The Bertz CT molecular complexity index is 1060. The molecule has 1 aromatic carbocycles. The van der Waals surface area contributed by atoms with Crippen LogP contribution in [0.25, 0.3) is 33.5 Å². The molecule has 4 aromatic rings. The number of hydrogen-bond donors (Lipinski definition) is 2. The number of rotatable bonds is 3. The monoisotopic (exact) mass is 329 g/mol. The lowest BCUT2D eigenvalue weighted by Crippen LogP contribution is -2.07. The summed E-state index contributed by atoms with van der Waals surface area (Å²) < 4.78 is 0. The van der Waals surface area contributed by atoms with Gasteiger partial charge in [-0.15, -0.1) is 0 Å². The largest absolute Gasteiger partial charge is 0.337 e. The lowest BCUT2D eigenvalue weighted by Gasteiger charge is -2.07. The van der Waals surface area contributed by atoms with Crippen molar-refractivity contribution in [3.63, 3.8) is 0 Å². The summed E-state index contributed by atoms with van der Waals surface area (Å²) in [6.45, 7) is 1.46. The van der Waals surface area contributed by atoms with Gasteiger partial charge in [0.15, 0.2) is 5.65 Å². The van der Waals surface area contributed by atoms with Crippen LogP contribution in [0, 0.1) is 0 Å². The van der Waals surface area contributed by atoms with Crippen molar-refractivity contribution >= 4 is 22.9 Å². The Hall–Kier alpha value is -3.54. The predicted octanol–water partition coefficient (Wildman–Crippen LogP) is 3.65. The third-order valence-electron chi connectivity index (χ3n) is 3.84. The minimum Gasteiger partial charge on any atom is -0.337 e. The van der Waals surface area contributed by atoms with Crippen LogP contribution in [0.1, 0.15) is 6.92 Å². The van der Waals surface area contributed by atoms with Gasteiger partial charge in [-0.25, -0.2) is 9.97 Å². The molecule has 0 radical (unpaired) electrons. The first kappa shape index (κ1) is 15.0. The second-order valence-electron chi connectivity index (χ2n) is 5.61. The molecule has 0 aliphatic rings. The molecule has 0 saturated heterocycles. The summed E-state index contributed by atoms with van der Waals surface area (Å²) in [5.41, 5.74) is 5.33. The highest BCUT2D eigenvalue weighted by molar-refractivity contribution is 6.00. The summed E-state index contributed by atoms with van der Waals surface area (Å²) in [5, 5.41) is 2.71. The highest BCUT2D eigenvalue weighted by Gasteiger charge is 2.17. The zero-order chi connectivity index (χ0) is 17.2. The normalized spacial score (nSPS) is 10.8. The number of carbonyl (C=O) groups excluding carboxylic acids is 1. The van der Waals surface area contributed by atoms with E-state index < -0.39 is 0 Å². The first-order valence-corrected chi connectivity index (χ1v) is 7.84. The summed E-state index contributed by atoms with van der Waals surface area (Å²) in [6, 6.07) is 13.8. The molecule has 122 valence electrons. The van der Waals surface area contributed by atoms with Crippen LogP contribution in [-0.4, -0.2) is 25.8 Å². The molecule has 0 unspecified atom stereocenters. The van der Waals surface area contributed by atoms with Gasteiger partial charge in [0, 0.05) is 36.6 Å². The molecular weight excluding hydrogens is 314 g/mol. The third kappa shape index (κ3) is 2.85. The number of aromatic amines is 1. The van der Waals surface area contributed by atoms with Gasteiger partial charge in [0.1, 0.15) is 11.3 Å². The number of pyridine rings is 1. The Kier molecular flexibility index (Phi) is 3.70. The fraction of sp³-hybridized carbons (Fsp3) is 0.0526. The van der Waals surface area contributed by atoms with Gasteiger partial charge in [0.2, 0.25) is 5.91 Å². The van der Waals surface area contributed by atoms with E-state index in [2.05, 4.69) is 25.3 Å². The van der Waals surface area contributed by atoms with Crippen molar-refractivity contribution in [3.8, 4) is 22.4 Å². The summed E-state index contributed by atoms with van der Waals surface area (Å²) in [7, 11) is 0. The second kappa shape index (κ2) is 6.16. The van der Waals surface area contributed by atoms with E-state index in [1.54, 1.807) is 18.6 Å². The fourth-order valence-corrected chi connectivity index (χ4v) is 2.85. The number of nitrogens with one attached hydrogen (secondary N) is 2. The topological polar surface area (TPSA) is 83.6 Å². The highest BCUT2D eigenvalue weighted by Crippen LogP contribution is 2.36. The molecule has 25 heavy (non-hydrogen) atoms. The van der Waals surface area contributed by atoms with Crippen molar-refractivity contribution in [2.24, 2.45) is 0 Å². The standard InChI is InChI=1S/C19H15N5O/c1-12(25)23-15-11-14(7-8-20-15)17-16(13-5-3-2-4-6-13)18-19(24-17)22-10-9-21-18/h2-11H,1H3,(H,22,24)(H,20,23,25). The highest BCUT2D eigenvalue weighted by atomic mass is 16.1. The molecule has 1 amide bonds. The molecule has 0 bridgehead atoms. The number of fused-ring (bicyclic) bond motifs is 1. The maximum atomic E-state index is 11.3. The summed E-state index contributed by atoms with van der Waals surface area (Å²) in [5.74, 6) is 0.344. The van der Waals surface area contributed by atoms with E-state index in [0.29, 0.717) is 11.5 Å².